The summed E-state index contributed by atoms with van der Waals surface area (Å²) in [4.78, 5) is 12.5. The Balaban J connectivity index is 1.64. The zero-order valence-electron chi connectivity index (χ0n) is 15.0. The minimum atomic E-state index is -0.362. The first-order valence-electron chi connectivity index (χ1n) is 8.79. The van der Waals surface area contributed by atoms with Crippen molar-refractivity contribution in [1.29, 1.82) is 0 Å². The molecule has 1 amide bonds. The molecule has 1 aromatic carbocycles. The van der Waals surface area contributed by atoms with Crippen LogP contribution in [0.4, 0.5) is 4.39 Å². The Bertz CT molecular complexity index is 741. The molecule has 1 saturated heterocycles. The van der Waals surface area contributed by atoms with Gasteiger partial charge in [0.25, 0.3) is 5.91 Å². The van der Waals surface area contributed by atoms with Crippen LogP contribution < -0.4 is 10.6 Å². The van der Waals surface area contributed by atoms with Gasteiger partial charge in [-0.15, -0.1) is 5.10 Å². The van der Waals surface area contributed by atoms with Crippen molar-refractivity contribution in [1.82, 2.24) is 25.6 Å². The van der Waals surface area contributed by atoms with Crippen molar-refractivity contribution >= 4 is 5.91 Å². The first kappa shape index (κ1) is 18.5. The summed E-state index contributed by atoms with van der Waals surface area (Å²) in [5.74, 6) is -0.593. The van der Waals surface area contributed by atoms with Gasteiger partial charge in [0.1, 0.15) is 5.82 Å². The van der Waals surface area contributed by atoms with Gasteiger partial charge in [0.15, 0.2) is 5.69 Å². The molecule has 1 unspecified atom stereocenters. The van der Waals surface area contributed by atoms with E-state index in [1.54, 1.807) is 19.2 Å². The van der Waals surface area contributed by atoms with E-state index < -0.39 is 0 Å². The third kappa shape index (κ3) is 4.08. The number of hydrogen-bond acceptors (Lipinski definition) is 5. The predicted octanol–water partition coefficient (Wildman–Crippen LogP) is 1.77. The van der Waals surface area contributed by atoms with Crippen molar-refractivity contribution in [2.75, 3.05) is 26.7 Å². The highest BCUT2D eigenvalue weighted by Crippen LogP contribution is 2.20. The lowest BCUT2D eigenvalue weighted by atomic mass is 10.1. The summed E-state index contributed by atoms with van der Waals surface area (Å²) in [7, 11) is 1.55. The van der Waals surface area contributed by atoms with Gasteiger partial charge in [-0.3, -0.25) is 4.79 Å². The molecule has 2 aromatic rings. The van der Waals surface area contributed by atoms with Crippen LogP contribution in [0.15, 0.2) is 24.3 Å². The Morgan fingerprint density at radius 3 is 2.73 bits per heavy atom. The quantitative estimate of drug-likeness (QED) is 0.820. The first-order valence-corrected chi connectivity index (χ1v) is 8.79. The Kier molecular flexibility index (Phi) is 5.95. The Hall–Kier alpha value is -2.32. The number of hydrogen-bond donors (Lipinski definition) is 2. The van der Waals surface area contributed by atoms with Crippen molar-refractivity contribution in [2.45, 2.75) is 31.9 Å². The standard InChI is InChI=1S/C18H24FN5O2/c1-12-17(22-23-24(12)15-7-9-20-10-8-15)18(25)21-11-16(26-2)13-3-5-14(19)6-4-13/h3-6,15-16,20H,7-11H2,1-2H3,(H,21,25). The van der Waals surface area contributed by atoms with Crippen LogP contribution >= 0.6 is 0 Å². The Morgan fingerprint density at radius 2 is 2.08 bits per heavy atom. The number of halogens is 1. The third-order valence-electron chi connectivity index (χ3n) is 4.77. The number of carbonyl (C=O) groups excluding carboxylic acids is 1. The molecule has 1 aliphatic heterocycles. The van der Waals surface area contributed by atoms with Crippen LogP contribution in [0.5, 0.6) is 0 Å². The number of rotatable bonds is 6. The molecule has 0 bridgehead atoms. The molecule has 1 atom stereocenters. The minimum absolute atomic E-state index is 0.264. The summed E-state index contributed by atoms with van der Waals surface area (Å²) in [6, 6.07) is 6.31. The highest BCUT2D eigenvalue weighted by molar-refractivity contribution is 5.93. The van der Waals surface area contributed by atoms with E-state index in [0.29, 0.717) is 5.69 Å². The average Bonchev–Trinajstić information content (AvgIpc) is 3.05. The van der Waals surface area contributed by atoms with Crippen LogP contribution in [0.25, 0.3) is 0 Å². The molecule has 1 fully saturated rings. The van der Waals surface area contributed by atoms with E-state index in [4.69, 9.17) is 4.74 Å². The van der Waals surface area contributed by atoms with Crippen LogP contribution in [-0.2, 0) is 4.74 Å². The number of piperidine rings is 1. The van der Waals surface area contributed by atoms with Gasteiger partial charge in [0, 0.05) is 13.7 Å². The maximum Gasteiger partial charge on any atom is 0.273 e. The third-order valence-corrected chi connectivity index (χ3v) is 4.77. The zero-order valence-corrected chi connectivity index (χ0v) is 15.0. The number of nitrogens with one attached hydrogen (secondary N) is 2. The van der Waals surface area contributed by atoms with Gasteiger partial charge in [-0.25, -0.2) is 9.07 Å². The summed E-state index contributed by atoms with van der Waals surface area (Å²) < 4.78 is 20.3. The molecule has 0 radical (unpaired) electrons. The number of amides is 1. The zero-order chi connectivity index (χ0) is 18.5. The smallest absolute Gasteiger partial charge is 0.273 e. The molecule has 2 heterocycles. The molecule has 26 heavy (non-hydrogen) atoms. The number of carbonyl (C=O) groups is 1. The highest BCUT2D eigenvalue weighted by Gasteiger charge is 2.23. The highest BCUT2D eigenvalue weighted by atomic mass is 19.1. The number of nitrogens with zero attached hydrogens (tertiary/aromatic N) is 3. The second-order valence-electron chi connectivity index (χ2n) is 6.44. The van der Waals surface area contributed by atoms with Gasteiger partial charge >= 0.3 is 0 Å². The van der Waals surface area contributed by atoms with Crippen LogP contribution in [0, 0.1) is 12.7 Å². The van der Waals surface area contributed by atoms with Crippen molar-refractivity contribution < 1.29 is 13.9 Å². The van der Waals surface area contributed by atoms with E-state index in [-0.39, 0.29) is 30.4 Å². The molecular formula is C18H24FN5O2. The Labute approximate surface area is 151 Å². The average molecular weight is 361 g/mol. The van der Waals surface area contributed by atoms with Crippen molar-refractivity contribution in [2.24, 2.45) is 0 Å². The van der Waals surface area contributed by atoms with Gasteiger partial charge < -0.3 is 15.4 Å². The lowest BCUT2D eigenvalue weighted by molar-refractivity contribution is 0.0823. The van der Waals surface area contributed by atoms with E-state index in [9.17, 15) is 9.18 Å². The molecular weight excluding hydrogens is 337 g/mol. The van der Waals surface area contributed by atoms with E-state index in [2.05, 4.69) is 20.9 Å². The molecule has 0 aliphatic carbocycles. The molecule has 140 valence electrons. The summed E-state index contributed by atoms with van der Waals surface area (Å²) in [5.41, 5.74) is 1.90. The normalized spacial score (nSPS) is 16.4. The fourth-order valence-electron chi connectivity index (χ4n) is 3.23. The molecule has 0 saturated carbocycles. The summed E-state index contributed by atoms with van der Waals surface area (Å²) in [6.45, 7) is 4.02. The molecule has 1 aliphatic rings. The van der Waals surface area contributed by atoms with Gasteiger partial charge in [0.05, 0.1) is 17.8 Å². The fraction of sp³-hybridized carbons (Fsp3) is 0.500. The minimum Gasteiger partial charge on any atom is -0.375 e. The largest absolute Gasteiger partial charge is 0.375 e. The van der Waals surface area contributed by atoms with Crippen LogP contribution in [0.1, 0.15) is 46.7 Å². The number of methoxy groups -OCH3 is 1. The second-order valence-corrected chi connectivity index (χ2v) is 6.44. The van der Waals surface area contributed by atoms with Crippen molar-refractivity contribution in [3.63, 3.8) is 0 Å². The molecule has 2 N–H and O–H groups in total. The number of aromatic nitrogens is 3. The van der Waals surface area contributed by atoms with Gasteiger partial charge in [-0.1, -0.05) is 17.3 Å². The first-order chi connectivity index (χ1) is 12.6. The van der Waals surface area contributed by atoms with Crippen molar-refractivity contribution in [3.8, 4) is 0 Å². The van der Waals surface area contributed by atoms with Gasteiger partial charge in [0.2, 0.25) is 0 Å². The molecule has 0 spiro atoms. The number of ether oxygens (including phenoxy) is 1. The molecule has 1 aromatic heterocycles. The maximum absolute atomic E-state index is 13.1. The van der Waals surface area contributed by atoms with E-state index >= 15 is 0 Å². The SMILES string of the molecule is COC(CNC(=O)c1nnn(C2CCNCC2)c1C)c1ccc(F)cc1. The monoisotopic (exact) mass is 361 g/mol. The lowest BCUT2D eigenvalue weighted by Gasteiger charge is -2.23. The topological polar surface area (TPSA) is 81.1 Å². The van der Waals surface area contributed by atoms with E-state index in [0.717, 1.165) is 37.2 Å². The molecule has 3 rings (SSSR count). The van der Waals surface area contributed by atoms with Gasteiger partial charge in [-0.05, 0) is 50.6 Å². The summed E-state index contributed by atoms with van der Waals surface area (Å²) in [6.07, 6.45) is 1.59. The van der Waals surface area contributed by atoms with E-state index in [1.807, 2.05) is 11.6 Å². The molecule has 8 heteroatoms. The summed E-state index contributed by atoms with van der Waals surface area (Å²) >= 11 is 0. The number of benzene rings is 1. The van der Waals surface area contributed by atoms with Crippen molar-refractivity contribution in [3.05, 3.63) is 47.0 Å². The van der Waals surface area contributed by atoms with Crippen LogP contribution in [0.3, 0.4) is 0 Å². The second kappa shape index (κ2) is 8.37. The maximum atomic E-state index is 13.1. The predicted molar refractivity (Wildman–Crippen MR) is 94.4 cm³/mol. The van der Waals surface area contributed by atoms with Gasteiger partial charge in [-0.2, -0.15) is 0 Å². The summed E-state index contributed by atoms with van der Waals surface area (Å²) in [5, 5.41) is 14.4. The Morgan fingerprint density at radius 1 is 1.38 bits per heavy atom. The fourth-order valence-corrected chi connectivity index (χ4v) is 3.23. The lowest BCUT2D eigenvalue weighted by Crippen LogP contribution is -2.31. The van der Waals surface area contributed by atoms with E-state index in [1.165, 1.54) is 12.1 Å². The molecule has 7 nitrogen and oxygen atoms in total. The van der Waals surface area contributed by atoms with Crippen LogP contribution in [0.2, 0.25) is 0 Å². The van der Waals surface area contributed by atoms with Crippen LogP contribution in [-0.4, -0.2) is 47.6 Å².